The molecule has 3 N–H and O–H groups in total. The Hall–Kier alpha value is -0.540. The van der Waals surface area contributed by atoms with Crippen molar-refractivity contribution in [3.63, 3.8) is 0 Å². The lowest BCUT2D eigenvalue weighted by molar-refractivity contribution is 0.0867. The SMILES string of the molecule is CC/C=C(\O)[C@@H](O)CO. The maximum absolute atomic E-state index is 8.77. The molecule has 0 aromatic rings. The molecule has 9 heavy (non-hydrogen) atoms. The fourth-order valence-electron chi connectivity index (χ4n) is 0.439. The topological polar surface area (TPSA) is 60.7 Å². The van der Waals surface area contributed by atoms with Gasteiger partial charge < -0.3 is 15.3 Å². The van der Waals surface area contributed by atoms with Crippen molar-refractivity contribution in [3.8, 4) is 0 Å². The van der Waals surface area contributed by atoms with Crippen molar-refractivity contribution < 1.29 is 15.3 Å². The molecule has 0 aliphatic carbocycles. The summed E-state index contributed by atoms with van der Waals surface area (Å²) in [4.78, 5) is 0. The molecule has 0 aromatic heterocycles. The van der Waals surface area contributed by atoms with Gasteiger partial charge in [-0.05, 0) is 12.5 Å². The Bertz CT molecular complexity index is 98.5. The van der Waals surface area contributed by atoms with Crippen LogP contribution in [0.3, 0.4) is 0 Å². The van der Waals surface area contributed by atoms with Crippen molar-refractivity contribution in [2.24, 2.45) is 0 Å². The zero-order valence-electron chi connectivity index (χ0n) is 5.41. The predicted octanol–water partition coefficient (Wildman–Crippen LogP) is 0.192. The quantitative estimate of drug-likeness (QED) is 0.480. The summed E-state index contributed by atoms with van der Waals surface area (Å²) < 4.78 is 0. The number of allylic oxidation sites excluding steroid dienone is 1. The minimum Gasteiger partial charge on any atom is -0.510 e. The highest BCUT2D eigenvalue weighted by Gasteiger charge is 2.04. The van der Waals surface area contributed by atoms with E-state index in [0.29, 0.717) is 6.42 Å². The molecule has 0 saturated carbocycles. The van der Waals surface area contributed by atoms with E-state index in [1.807, 2.05) is 6.92 Å². The largest absolute Gasteiger partial charge is 0.510 e. The smallest absolute Gasteiger partial charge is 0.133 e. The Labute approximate surface area is 54.3 Å². The van der Waals surface area contributed by atoms with E-state index < -0.39 is 12.7 Å². The maximum atomic E-state index is 8.77. The highest BCUT2D eigenvalue weighted by atomic mass is 16.3. The van der Waals surface area contributed by atoms with Crippen molar-refractivity contribution >= 4 is 0 Å². The summed E-state index contributed by atoms with van der Waals surface area (Å²) in [5.74, 6) is -0.153. The molecule has 0 amide bonds. The molecule has 0 fully saturated rings. The second-order valence-corrected chi connectivity index (χ2v) is 1.74. The molecule has 0 radical (unpaired) electrons. The van der Waals surface area contributed by atoms with Gasteiger partial charge in [0, 0.05) is 0 Å². The van der Waals surface area contributed by atoms with Crippen LogP contribution in [0.15, 0.2) is 11.8 Å². The van der Waals surface area contributed by atoms with Crippen molar-refractivity contribution in [3.05, 3.63) is 11.8 Å². The fourth-order valence-corrected chi connectivity index (χ4v) is 0.439. The molecule has 0 rings (SSSR count). The molecule has 3 heteroatoms. The van der Waals surface area contributed by atoms with Crippen LogP contribution >= 0.6 is 0 Å². The first kappa shape index (κ1) is 8.46. The molecule has 54 valence electrons. The van der Waals surface area contributed by atoms with Gasteiger partial charge in [0.05, 0.1) is 6.61 Å². The van der Waals surface area contributed by atoms with Crippen molar-refractivity contribution in [1.82, 2.24) is 0 Å². The summed E-state index contributed by atoms with van der Waals surface area (Å²) >= 11 is 0. The maximum Gasteiger partial charge on any atom is 0.133 e. The average Bonchev–Trinajstić information content (AvgIpc) is 1.87. The number of hydrogen-bond acceptors (Lipinski definition) is 3. The Morgan fingerprint density at radius 3 is 2.56 bits per heavy atom. The van der Waals surface area contributed by atoms with Gasteiger partial charge in [-0.15, -0.1) is 0 Å². The third kappa shape index (κ3) is 3.11. The van der Waals surface area contributed by atoms with Crippen molar-refractivity contribution in [1.29, 1.82) is 0 Å². The van der Waals surface area contributed by atoms with E-state index in [1.165, 1.54) is 6.08 Å². The monoisotopic (exact) mass is 132 g/mol. The molecule has 0 aromatic carbocycles. The summed E-state index contributed by atoms with van der Waals surface area (Å²) in [6.07, 6.45) is 1.01. The Morgan fingerprint density at radius 2 is 2.22 bits per heavy atom. The lowest BCUT2D eigenvalue weighted by Crippen LogP contribution is -2.14. The Kier molecular flexibility index (Phi) is 4.09. The van der Waals surface area contributed by atoms with Gasteiger partial charge in [-0.2, -0.15) is 0 Å². The molecular weight excluding hydrogens is 120 g/mol. The van der Waals surface area contributed by atoms with E-state index in [1.54, 1.807) is 0 Å². The van der Waals surface area contributed by atoms with Crippen LogP contribution in [0.4, 0.5) is 0 Å². The van der Waals surface area contributed by atoms with Crippen LogP contribution in [0.25, 0.3) is 0 Å². The van der Waals surface area contributed by atoms with Crippen LogP contribution in [0.1, 0.15) is 13.3 Å². The minimum atomic E-state index is -1.11. The molecule has 0 heterocycles. The molecule has 0 bridgehead atoms. The zero-order chi connectivity index (χ0) is 7.28. The second-order valence-electron chi connectivity index (χ2n) is 1.74. The van der Waals surface area contributed by atoms with E-state index in [9.17, 15) is 0 Å². The van der Waals surface area contributed by atoms with Crippen LogP contribution in [0.2, 0.25) is 0 Å². The molecule has 0 saturated heterocycles. The Balaban J connectivity index is 3.70. The molecule has 1 atom stereocenters. The normalized spacial score (nSPS) is 15.7. The molecule has 3 nitrogen and oxygen atoms in total. The fraction of sp³-hybridized carbons (Fsp3) is 0.667. The van der Waals surface area contributed by atoms with E-state index in [0.717, 1.165) is 0 Å². The second kappa shape index (κ2) is 4.35. The third-order valence-corrected chi connectivity index (χ3v) is 0.928. The van der Waals surface area contributed by atoms with Gasteiger partial charge >= 0.3 is 0 Å². The molecule has 0 unspecified atom stereocenters. The molecular formula is C6H12O3. The highest BCUT2D eigenvalue weighted by Crippen LogP contribution is 1.97. The van der Waals surface area contributed by atoms with Crippen molar-refractivity contribution in [2.45, 2.75) is 19.4 Å². The first-order chi connectivity index (χ1) is 4.22. The number of aliphatic hydroxyl groups excluding tert-OH is 3. The first-order valence-corrected chi connectivity index (χ1v) is 2.90. The summed E-state index contributed by atoms with van der Waals surface area (Å²) in [5.41, 5.74) is 0. The van der Waals surface area contributed by atoms with Gasteiger partial charge in [0.1, 0.15) is 11.9 Å². The lowest BCUT2D eigenvalue weighted by atomic mass is 10.3. The van der Waals surface area contributed by atoms with E-state index in [2.05, 4.69) is 0 Å². The van der Waals surface area contributed by atoms with Crippen LogP contribution in [0.5, 0.6) is 0 Å². The van der Waals surface area contributed by atoms with Crippen LogP contribution in [0, 0.1) is 0 Å². The Morgan fingerprint density at radius 1 is 1.67 bits per heavy atom. The summed E-state index contributed by atoms with van der Waals surface area (Å²) in [7, 11) is 0. The standard InChI is InChI=1S/C6H12O3/c1-2-3-5(8)6(9)4-7/h3,6-9H,2,4H2,1H3/b5-3-/t6-/m0/s1. The number of rotatable bonds is 3. The van der Waals surface area contributed by atoms with Crippen LogP contribution < -0.4 is 0 Å². The predicted molar refractivity (Wildman–Crippen MR) is 34.1 cm³/mol. The first-order valence-electron chi connectivity index (χ1n) is 2.90. The van der Waals surface area contributed by atoms with Gasteiger partial charge in [0.15, 0.2) is 0 Å². The van der Waals surface area contributed by atoms with Crippen molar-refractivity contribution in [2.75, 3.05) is 6.61 Å². The summed E-state index contributed by atoms with van der Waals surface area (Å²) in [6, 6.07) is 0. The lowest BCUT2D eigenvalue weighted by Gasteiger charge is -2.03. The molecule has 0 aliphatic rings. The van der Waals surface area contributed by atoms with Crippen LogP contribution in [-0.2, 0) is 0 Å². The van der Waals surface area contributed by atoms with Gasteiger partial charge in [-0.1, -0.05) is 6.92 Å². The molecule has 0 aliphatic heterocycles. The highest BCUT2D eigenvalue weighted by molar-refractivity contribution is 4.96. The van der Waals surface area contributed by atoms with Crippen LogP contribution in [-0.4, -0.2) is 28.0 Å². The van der Waals surface area contributed by atoms with E-state index in [4.69, 9.17) is 15.3 Å². The van der Waals surface area contributed by atoms with Gasteiger partial charge in [-0.3, -0.25) is 0 Å². The van der Waals surface area contributed by atoms with Gasteiger partial charge in [-0.25, -0.2) is 0 Å². The summed E-state index contributed by atoms with van der Waals surface area (Å²) in [5, 5.41) is 25.7. The van der Waals surface area contributed by atoms with E-state index in [-0.39, 0.29) is 5.76 Å². The molecule has 0 spiro atoms. The number of hydrogen-bond donors (Lipinski definition) is 3. The third-order valence-electron chi connectivity index (χ3n) is 0.928. The van der Waals surface area contributed by atoms with E-state index >= 15 is 0 Å². The average molecular weight is 132 g/mol. The zero-order valence-corrected chi connectivity index (χ0v) is 5.41. The summed E-state index contributed by atoms with van der Waals surface area (Å²) in [6.45, 7) is 1.41. The minimum absolute atomic E-state index is 0.153. The number of aliphatic hydroxyl groups is 3. The van der Waals surface area contributed by atoms with Gasteiger partial charge in [0.2, 0.25) is 0 Å². The van der Waals surface area contributed by atoms with Gasteiger partial charge in [0.25, 0.3) is 0 Å².